The van der Waals surface area contributed by atoms with Gasteiger partial charge < -0.3 is 10.1 Å². The van der Waals surface area contributed by atoms with Crippen molar-refractivity contribution in [2.24, 2.45) is 5.92 Å². The quantitative estimate of drug-likeness (QED) is 0.720. The van der Waals surface area contributed by atoms with Crippen LogP contribution < -0.4 is 5.32 Å². The number of likely N-dealkylation sites (tertiary alicyclic amines) is 1. The van der Waals surface area contributed by atoms with Crippen LogP contribution >= 0.6 is 0 Å². The predicted octanol–water partition coefficient (Wildman–Crippen LogP) is 0.707. The van der Waals surface area contributed by atoms with E-state index < -0.39 is 0 Å². The summed E-state index contributed by atoms with van der Waals surface area (Å²) >= 11 is 0. The van der Waals surface area contributed by atoms with E-state index in [4.69, 9.17) is 4.74 Å². The molecule has 2 saturated heterocycles. The smallest absolute Gasteiger partial charge is 0.0507 e. The summed E-state index contributed by atoms with van der Waals surface area (Å²) in [4.78, 5) is 2.65. The van der Waals surface area contributed by atoms with Gasteiger partial charge in [-0.25, -0.2) is 0 Å². The Labute approximate surface area is 86.8 Å². The van der Waals surface area contributed by atoms with E-state index in [9.17, 15) is 0 Å². The lowest BCUT2D eigenvalue weighted by Crippen LogP contribution is -2.39. The van der Waals surface area contributed by atoms with E-state index in [1.165, 1.54) is 32.4 Å². The summed E-state index contributed by atoms with van der Waals surface area (Å²) in [5, 5.41) is 3.29. The second-order valence-electron chi connectivity index (χ2n) is 4.58. The molecule has 3 heteroatoms. The minimum absolute atomic E-state index is 0.778. The van der Waals surface area contributed by atoms with Gasteiger partial charge in [0.1, 0.15) is 0 Å². The number of hydrogen-bond acceptors (Lipinski definition) is 3. The summed E-state index contributed by atoms with van der Waals surface area (Å²) in [5.74, 6) is 0.799. The minimum atomic E-state index is 0.778. The van der Waals surface area contributed by atoms with Crippen LogP contribution in [0.1, 0.15) is 19.3 Å². The molecule has 2 heterocycles. The molecule has 0 aromatic rings. The van der Waals surface area contributed by atoms with Gasteiger partial charge in [0.05, 0.1) is 6.61 Å². The molecule has 0 radical (unpaired) electrons. The average Bonchev–Trinajstić information content (AvgIpc) is 2.80. The molecule has 0 aliphatic carbocycles. The Morgan fingerprint density at radius 2 is 2.36 bits per heavy atom. The lowest BCUT2D eigenvalue weighted by Gasteiger charge is -2.26. The molecule has 0 aromatic carbocycles. The molecular formula is C11H22N2O. The number of nitrogens with one attached hydrogen (secondary N) is 1. The first kappa shape index (κ1) is 10.4. The Morgan fingerprint density at radius 1 is 1.43 bits per heavy atom. The topological polar surface area (TPSA) is 24.5 Å². The SMILES string of the molecule is CNCC1CCCN1CC1CCOC1. The molecule has 0 spiro atoms. The highest BCUT2D eigenvalue weighted by atomic mass is 16.5. The lowest BCUT2D eigenvalue weighted by molar-refractivity contribution is 0.162. The van der Waals surface area contributed by atoms with Gasteiger partial charge in [0.25, 0.3) is 0 Å². The van der Waals surface area contributed by atoms with Crippen molar-refractivity contribution in [1.82, 2.24) is 10.2 Å². The maximum atomic E-state index is 5.42. The van der Waals surface area contributed by atoms with Gasteiger partial charge in [-0.3, -0.25) is 4.90 Å². The monoisotopic (exact) mass is 198 g/mol. The first-order valence-corrected chi connectivity index (χ1v) is 5.86. The van der Waals surface area contributed by atoms with Gasteiger partial charge in [0, 0.05) is 25.7 Å². The predicted molar refractivity (Wildman–Crippen MR) is 57.4 cm³/mol. The molecule has 0 bridgehead atoms. The van der Waals surface area contributed by atoms with Gasteiger partial charge in [-0.1, -0.05) is 0 Å². The molecule has 0 aromatic heterocycles. The Morgan fingerprint density at radius 3 is 3.07 bits per heavy atom. The molecule has 2 aliphatic heterocycles. The Bertz CT molecular complexity index is 169. The lowest BCUT2D eigenvalue weighted by atomic mass is 10.1. The fourth-order valence-electron chi connectivity index (χ4n) is 2.66. The van der Waals surface area contributed by atoms with Gasteiger partial charge in [-0.2, -0.15) is 0 Å². The van der Waals surface area contributed by atoms with E-state index in [-0.39, 0.29) is 0 Å². The zero-order valence-corrected chi connectivity index (χ0v) is 9.17. The molecular weight excluding hydrogens is 176 g/mol. The molecule has 0 saturated carbocycles. The van der Waals surface area contributed by atoms with Crippen LogP contribution in [0.3, 0.4) is 0 Å². The van der Waals surface area contributed by atoms with Crippen molar-refractivity contribution in [3.63, 3.8) is 0 Å². The number of nitrogens with zero attached hydrogens (tertiary/aromatic N) is 1. The standard InChI is InChI=1S/C11H22N2O/c1-12-7-11-3-2-5-13(11)8-10-4-6-14-9-10/h10-12H,2-9H2,1H3. The van der Waals surface area contributed by atoms with E-state index >= 15 is 0 Å². The maximum Gasteiger partial charge on any atom is 0.0507 e. The van der Waals surface area contributed by atoms with Crippen LogP contribution in [0.25, 0.3) is 0 Å². The summed E-state index contributed by atoms with van der Waals surface area (Å²) in [7, 11) is 2.05. The fourth-order valence-corrected chi connectivity index (χ4v) is 2.66. The molecule has 2 fully saturated rings. The third kappa shape index (κ3) is 2.47. The van der Waals surface area contributed by atoms with Gasteiger partial charge in [0.2, 0.25) is 0 Å². The first-order valence-electron chi connectivity index (χ1n) is 5.86. The molecule has 0 amide bonds. The third-order valence-electron chi connectivity index (χ3n) is 3.46. The largest absolute Gasteiger partial charge is 0.381 e. The summed E-state index contributed by atoms with van der Waals surface area (Å²) in [6.45, 7) is 5.67. The Hall–Kier alpha value is -0.120. The van der Waals surface area contributed by atoms with Crippen molar-refractivity contribution in [2.45, 2.75) is 25.3 Å². The summed E-state index contributed by atoms with van der Waals surface area (Å²) in [6.07, 6.45) is 4.01. The van der Waals surface area contributed by atoms with Crippen molar-refractivity contribution < 1.29 is 4.74 Å². The molecule has 2 aliphatic rings. The van der Waals surface area contributed by atoms with Crippen molar-refractivity contribution in [2.75, 3.05) is 39.9 Å². The number of ether oxygens (including phenoxy) is 1. The third-order valence-corrected chi connectivity index (χ3v) is 3.46. The van der Waals surface area contributed by atoms with Gasteiger partial charge >= 0.3 is 0 Å². The van der Waals surface area contributed by atoms with Crippen LogP contribution in [0, 0.1) is 5.92 Å². The van der Waals surface area contributed by atoms with Gasteiger partial charge in [0.15, 0.2) is 0 Å². The summed E-state index contributed by atoms with van der Waals surface area (Å²) in [5.41, 5.74) is 0. The van der Waals surface area contributed by atoms with Crippen molar-refractivity contribution >= 4 is 0 Å². The van der Waals surface area contributed by atoms with E-state index in [2.05, 4.69) is 17.3 Å². The van der Waals surface area contributed by atoms with Crippen molar-refractivity contribution in [3.05, 3.63) is 0 Å². The van der Waals surface area contributed by atoms with Crippen molar-refractivity contribution in [1.29, 1.82) is 0 Å². The highest BCUT2D eigenvalue weighted by molar-refractivity contribution is 4.82. The number of hydrogen-bond donors (Lipinski definition) is 1. The van der Waals surface area contributed by atoms with Crippen LogP contribution in [0.2, 0.25) is 0 Å². The molecule has 2 unspecified atom stereocenters. The first-order chi connectivity index (χ1) is 6.90. The molecule has 2 rings (SSSR count). The zero-order valence-electron chi connectivity index (χ0n) is 9.17. The van der Waals surface area contributed by atoms with E-state index in [0.29, 0.717) is 0 Å². The van der Waals surface area contributed by atoms with E-state index in [1.54, 1.807) is 0 Å². The highest BCUT2D eigenvalue weighted by Gasteiger charge is 2.27. The van der Waals surface area contributed by atoms with Crippen LogP contribution in [0.4, 0.5) is 0 Å². The van der Waals surface area contributed by atoms with Crippen LogP contribution in [0.15, 0.2) is 0 Å². The van der Waals surface area contributed by atoms with Crippen molar-refractivity contribution in [3.8, 4) is 0 Å². The van der Waals surface area contributed by atoms with Gasteiger partial charge in [-0.15, -0.1) is 0 Å². The van der Waals surface area contributed by atoms with Crippen LogP contribution in [-0.2, 0) is 4.74 Å². The van der Waals surface area contributed by atoms with Crippen LogP contribution in [0.5, 0.6) is 0 Å². The normalized spacial score (nSPS) is 34.1. The van der Waals surface area contributed by atoms with E-state index in [0.717, 1.165) is 31.7 Å². The zero-order chi connectivity index (χ0) is 9.80. The Kier molecular flexibility index (Phi) is 3.79. The van der Waals surface area contributed by atoms with Crippen LogP contribution in [-0.4, -0.2) is 50.8 Å². The second kappa shape index (κ2) is 5.10. The highest BCUT2D eigenvalue weighted by Crippen LogP contribution is 2.21. The summed E-state index contributed by atoms with van der Waals surface area (Å²) in [6, 6.07) is 0.778. The number of likely N-dealkylation sites (N-methyl/N-ethyl adjacent to an activating group) is 1. The summed E-state index contributed by atoms with van der Waals surface area (Å²) < 4.78 is 5.42. The molecule has 82 valence electrons. The molecule has 1 N–H and O–H groups in total. The molecule has 3 nitrogen and oxygen atoms in total. The number of rotatable bonds is 4. The fraction of sp³-hybridized carbons (Fsp3) is 1.00. The average molecular weight is 198 g/mol. The van der Waals surface area contributed by atoms with Gasteiger partial charge in [-0.05, 0) is 38.8 Å². The maximum absolute atomic E-state index is 5.42. The molecule has 14 heavy (non-hydrogen) atoms. The Balaban J connectivity index is 1.77. The minimum Gasteiger partial charge on any atom is -0.381 e. The molecule has 2 atom stereocenters. The van der Waals surface area contributed by atoms with E-state index in [1.807, 2.05) is 0 Å². The second-order valence-corrected chi connectivity index (χ2v) is 4.58.